The van der Waals surface area contributed by atoms with E-state index in [1.807, 2.05) is 30.0 Å². The maximum Gasteiger partial charge on any atom is 0.289 e. The highest BCUT2D eigenvalue weighted by molar-refractivity contribution is 6.31. The Balaban J connectivity index is 1.58. The molecule has 1 aromatic carbocycles. The predicted octanol–water partition coefficient (Wildman–Crippen LogP) is 3.96. The molecule has 0 atom stereocenters. The molecular formula is C17H19ClN2O2. The highest BCUT2D eigenvalue weighted by Gasteiger charge is 2.25. The number of piperidine rings is 1. The van der Waals surface area contributed by atoms with Gasteiger partial charge in [0.1, 0.15) is 0 Å². The SMILES string of the molecule is Cc1c(Cl)cccc1NC1CCN(C(=O)c2ccco2)CC1. The fourth-order valence-corrected chi connectivity index (χ4v) is 2.94. The van der Waals surface area contributed by atoms with Crippen molar-refractivity contribution in [2.45, 2.75) is 25.8 Å². The molecule has 4 nitrogen and oxygen atoms in total. The topological polar surface area (TPSA) is 45.5 Å². The summed E-state index contributed by atoms with van der Waals surface area (Å²) in [5.41, 5.74) is 2.14. The number of rotatable bonds is 3. The van der Waals surface area contributed by atoms with E-state index in [0.29, 0.717) is 11.8 Å². The number of hydrogen-bond donors (Lipinski definition) is 1. The summed E-state index contributed by atoms with van der Waals surface area (Å²) in [6, 6.07) is 9.70. The lowest BCUT2D eigenvalue weighted by Crippen LogP contribution is -2.42. The van der Waals surface area contributed by atoms with Gasteiger partial charge >= 0.3 is 0 Å². The molecule has 0 unspecified atom stereocenters. The summed E-state index contributed by atoms with van der Waals surface area (Å²) in [6.45, 7) is 3.48. The molecule has 1 aliphatic heterocycles. The van der Waals surface area contributed by atoms with Crippen molar-refractivity contribution in [1.29, 1.82) is 0 Å². The van der Waals surface area contributed by atoms with Crippen molar-refractivity contribution in [2.24, 2.45) is 0 Å². The van der Waals surface area contributed by atoms with Crippen LogP contribution < -0.4 is 5.32 Å². The van der Waals surface area contributed by atoms with E-state index in [2.05, 4.69) is 5.32 Å². The average Bonchev–Trinajstić information content (AvgIpc) is 3.06. The van der Waals surface area contributed by atoms with Crippen molar-refractivity contribution in [3.63, 3.8) is 0 Å². The van der Waals surface area contributed by atoms with Crippen molar-refractivity contribution >= 4 is 23.2 Å². The molecule has 1 amide bonds. The lowest BCUT2D eigenvalue weighted by molar-refractivity contribution is 0.0686. The third-order valence-corrected chi connectivity index (χ3v) is 4.55. The van der Waals surface area contributed by atoms with Crippen LogP contribution in [0.4, 0.5) is 5.69 Å². The molecule has 1 aromatic heterocycles. The number of anilines is 1. The molecule has 2 aromatic rings. The van der Waals surface area contributed by atoms with Gasteiger partial charge in [0.2, 0.25) is 0 Å². The number of amides is 1. The largest absolute Gasteiger partial charge is 0.459 e. The first-order valence-corrected chi connectivity index (χ1v) is 7.87. The van der Waals surface area contributed by atoms with Crippen LogP contribution in [-0.4, -0.2) is 29.9 Å². The number of hydrogen-bond acceptors (Lipinski definition) is 3. The van der Waals surface area contributed by atoms with Gasteiger partial charge < -0.3 is 14.6 Å². The van der Waals surface area contributed by atoms with Crippen LogP contribution in [0.2, 0.25) is 5.02 Å². The third kappa shape index (κ3) is 3.12. The summed E-state index contributed by atoms with van der Waals surface area (Å²) in [6.07, 6.45) is 3.36. The summed E-state index contributed by atoms with van der Waals surface area (Å²) in [5, 5.41) is 4.31. The van der Waals surface area contributed by atoms with Gasteiger partial charge in [-0.05, 0) is 49.6 Å². The predicted molar refractivity (Wildman–Crippen MR) is 87.4 cm³/mol. The highest BCUT2D eigenvalue weighted by Crippen LogP contribution is 2.25. The third-order valence-electron chi connectivity index (χ3n) is 4.14. The monoisotopic (exact) mass is 318 g/mol. The quantitative estimate of drug-likeness (QED) is 0.931. The number of carbonyl (C=O) groups excluding carboxylic acids is 1. The lowest BCUT2D eigenvalue weighted by atomic mass is 10.0. The number of halogens is 1. The molecule has 1 aliphatic rings. The van der Waals surface area contributed by atoms with Crippen LogP contribution in [0.5, 0.6) is 0 Å². The Morgan fingerprint density at radius 2 is 2.05 bits per heavy atom. The van der Waals surface area contributed by atoms with E-state index in [0.717, 1.165) is 42.2 Å². The van der Waals surface area contributed by atoms with Gasteiger partial charge in [0.15, 0.2) is 5.76 Å². The number of nitrogens with zero attached hydrogens (tertiary/aromatic N) is 1. The molecule has 0 bridgehead atoms. The van der Waals surface area contributed by atoms with Crippen LogP contribution >= 0.6 is 11.6 Å². The molecule has 5 heteroatoms. The number of furan rings is 1. The maximum absolute atomic E-state index is 12.2. The summed E-state index contributed by atoms with van der Waals surface area (Å²) in [5.74, 6) is 0.388. The highest BCUT2D eigenvalue weighted by atomic mass is 35.5. The van der Waals surface area contributed by atoms with Crippen LogP contribution in [0.1, 0.15) is 29.0 Å². The van der Waals surface area contributed by atoms with Crippen LogP contribution in [0.25, 0.3) is 0 Å². The summed E-state index contributed by atoms with van der Waals surface area (Å²) >= 11 is 6.15. The summed E-state index contributed by atoms with van der Waals surface area (Å²) < 4.78 is 5.18. The van der Waals surface area contributed by atoms with E-state index in [1.165, 1.54) is 6.26 Å². The zero-order chi connectivity index (χ0) is 15.5. The Bertz CT molecular complexity index is 647. The minimum Gasteiger partial charge on any atom is -0.459 e. The second kappa shape index (κ2) is 6.44. The number of nitrogens with one attached hydrogen (secondary N) is 1. The lowest BCUT2D eigenvalue weighted by Gasteiger charge is -2.32. The van der Waals surface area contributed by atoms with E-state index in [4.69, 9.17) is 16.0 Å². The molecule has 22 heavy (non-hydrogen) atoms. The first-order chi connectivity index (χ1) is 10.6. The maximum atomic E-state index is 12.2. The van der Waals surface area contributed by atoms with Crippen LogP contribution in [0.3, 0.4) is 0 Å². The average molecular weight is 319 g/mol. The fraction of sp³-hybridized carbons (Fsp3) is 0.353. The number of carbonyl (C=O) groups is 1. The molecule has 0 radical (unpaired) electrons. The van der Waals surface area contributed by atoms with E-state index in [9.17, 15) is 4.79 Å². The zero-order valence-electron chi connectivity index (χ0n) is 12.5. The van der Waals surface area contributed by atoms with Crippen LogP contribution in [0, 0.1) is 6.92 Å². The number of likely N-dealkylation sites (tertiary alicyclic amines) is 1. The second-order valence-corrected chi connectivity index (χ2v) is 6.01. The number of benzene rings is 1. The Hall–Kier alpha value is -1.94. The standard InChI is InChI=1S/C17H19ClN2O2/c1-12-14(18)4-2-5-15(12)19-13-7-9-20(10-8-13)17(21)16-6-3-11-22-16/h2-6,11,13,19H,7-10H2,1H3. The molecule has 1 fully saturated rings. The molecule has 0 saturated carbocycles. The fourth-order valence-electron chi connectivity index (χ4n) is 2.77. The second-order valence-electron chi connectivity index (χ2n) is 5.60. The summed E-state index contributed by atoms with van der Waals surface area (Å²) in [4.78, 5) is 14.1. The molecule has 1 saturated heterocycles. The van der Waals surface area contributed by atoms with Crippen molar-refractivity contribution < 1.29 is 9.21 Å². The van der Waals surface area contributed by atoms with Gasteiger partial charge in [-0.15, -0.1) is 0 Å². The Kier molecular flexibility index (Phi) is 4.39. The van der Waals surface area contributed by atoms with Crippen molar-refractivity contribution in [2.75, 3.05) is 18.4 Å². The first kappa shape index (κ1) is 15.0. The molecule has 3 rings (SSSR count). The molecule has 116 valence electrons. The minimum atomic E-state index is -0.0256. The Morgan fingerprint density at radius 1 is 1.27 bits per heavy atom. The van der Waals surface area contributed by atoms with Gasteiger partial charge in [-0.3, -0.25) is 4.79 Å². The van der Waals surface area contributed by atoms with Gasteiger partial charge in [0.25, 0.3) is 5.91 Å². The summed E-state index contributed by atoms with van der Waals surface area (Å²) in [7, 11) is 0. The van der Waals surface area contributed by atoms with Crippen LogP contribution in [-0.2, 0) is 0 Å². The molecule has 0 aliphatic carbocycles. The molecule has 1 N–H and O–H groups in total. The Labute approximate surface area is 135 Å². The van der Waals surface area contributed by atoms with Crippen LogP contribution in [0.15, 0.2) is 41.0 Å². The van der Waals surface area contributed by atoms with E-state index in [1.54, 1.807) is 12.1 Å². The van der Waals surface area contributed by atoms with Crippen molar-refractivity contribution in [3.05, 3.63) is 52.9 Å². The molecule has 0 spiro atoms. The minimum absolute atomic E-state index is 0.0256. The van der Waals surface area contributed by atoms with Crippen molar-refractivity contribution in [1.82, 2.24) is 4.90 Å². The van der Waals surface area contributed by atoms with Gasteiger partial charge in [0, 0.05) is 29.8 Å². The Morgan fingerprint density at radius 3 is 2.73 bits per heavy atom. The van der Waals surface area contributed by atoms with Gasteiger partial charge in [-0.1, -0.05) is 17.7 Å². The van der Waals surface area contributed by atoms with E-state index < -0.39 is 0 Å². The van der Waals surface area contributed by atoms with E-state index >= 15 is 0 Å². The van der Waals surface area contributed by atoms with E-state index in [-0.39, 0.29) is 5.91 Å². The normalized spacial score (nSPS) is 15.8. The molecule has 2 heterocycles. The van der Waals surface area contributed by atoms with Gasteiger partial charge in [-0.25, -0.2) is 0 Å². The first-order valence-electron chi connectivity index (χ1n) is 7.49. The zero-order valence-corrected chi connectivity index (χ0v) is 13.3. The van der Waals surface area contributed by atoms with Crippen molar-refractivity contribution in [3.8, 4) is 0 Å². The smallest absolute Gasteiger partial charge is 0.289 e. The molecular weight excluding hydrogens is 300 g/mol. The van der Waals surface area contributed by atoms with Gasteiger partial charge in [-0.2, -0.15) is 0 Å². The van der Waals surface area contributed by atoms with Gasteiger partial charge in [0.05, 0.1) is 6.26 Å².